The summed E-state index contributed by atoms with van der Waals surface area (Å²) in [5, 5.41) is 12.7. The molecule has 6 aromatic carbocycles. The van der Waals surface area contributed by atoms with Crippen molar-refractivity contribution in [1.82, 2.24) is 0 Å². The van der Waals surface area contributed by atoms with Crippen molar-refractivity contribution in [2.24, 2.45) is 0 Å². The maximum atomic E-state index is 5.71. The van der Waals surface area contributed by atoms with Crippen molar-refractivity contribution in [3.63, 3.8) is 0 Å². The molecule has 0 unspecified atom stereocenters. The Morgan fingerprint density at radius 3 is 1.39 bits per heavy atom. The highest BCUT2D eigenvalue weighted by molar-refractivity contribution is 6.28. The first-order chi connectivity index (χ1) is 13.8. The van der Waals surface area contributed by atoms with Crippen LogP contribution in [0.5, 0.6) is 5.75 Å². The fraction of sp³-hybridized carbons (Fsp3) is 0.0370. The van der Waals surface area contributed by atoms with E-state index in [0.29, 0.717) is 0 Å². The lowest BCUT2D eigenvalue weighted by Crippen LogP contribution is -1.88. The molecule has 0 bridgehead atoms. The molecular weight excluding hydrogens is 340 g/mol. The molecule has 0 amide bonds. The summed E-state index contributed by atoms with van der Waals surface area (Å²) in [6, 6.07) is 32.8. The van der Waals surface area contributed by atoms with Gasteiger partial charge in [0, 0.05) is 5.39 Å². The number of ether oxygens (including phenoxy) is 1. The average Bonchev–Trinajstić information content (AvgIpc) is 2.77. The zero-order valence-corrected chi connectivity index (χ0v) is 15.6. The first-order valence-electron chi connectivity index (χ1n) is 9.58. The Kier molecular flexibility index (Phi) is 3.15. The minimum absolute atomic E-state index is 0.924. The van der Waals surface area contributed by atoms with Gasteiger partial charge >= 0.3 is 0 Å². The molecule has 6 aromatic rings. The van der Waals surface area contributed by atoms with E-state index < -0.39 is 0 Å². The monoisotopic (exact) mass is 358 g/mol. The van der Waals surface area contributed by atoms with Gasteiger partial charge in [-0.15, -0.1) is 0 Å². The third kappa shape index (κ3) is 2.02. The molecule has 0 heterocycles. The lowest BCUT2D eigenvalue weighted by molar-refractivity contribution is 0.420. The molecule has 0 atom stereocenters. The summed E-state index contributed by atoms with van der Waals surface area (Å²) in [5.74, 6) is 0.924. The third-order valence-corrected chi connectivity index (χ3v) is 5.90. The van der Waals surface area contributed by atoms with Gasteiger partial charge in [0.05, 0.1) is 7.11 Å². The van der Waals surface area contributed by atoms with E-state index in [-0.39, 0.29) is 0 Å². The Morgan fingerprint density at radius 1 is 0.429 bits per heavy atom. The van der Waals surface area contributed by atoms with Crippen LogP contribution in [0.2, 0.25) is 0 Å². The molecule has 0 aliphatic heterocycles. The smallest absolute Gasteiger partial charge is 0.127 e. The van der Waals surface area contributed by atoms with Crippen molar-refractivity contribution < 1.29 is 4.74 Å². The number of hydrogen-bond acceptors (Lipinski definition) is 1. The number of benzene rings is 6. The molecule has 0 aromatic heterocycles. The van der Waals surface area contributed by atoms with Crippen LogP contribution in [0.25, 0.3) is 53.9 Å². The third-order valence-electron chi connectivity index (χ3n) is 5.90. The summed E-state index contributed by atoms with van der Waals surface area (Å²) in [4.78, 5) is 0. The van der Waals surface area contributed by atoms with E-state index in [1.807, 2.05) is 0 Å². The van der Waals surface area contributed by atoms with Gasteiger partial charge in [-0.05, 0) is 66.7 Å². The van der Waals surface area contributed by atoms with Gasteiger partial charge in [-0.3, -0.25) is 0 Å². The normalized spacial score (nSPS) is 11.8. The van der Waals surface area contributed by atoms with Crippen LogP contribution >= 0.6 is 0 Å². The molecule has 0 N–H and O–H groups in total. The molecule has 0 saturated carbocycles. The molecule has 6 rings (SSSR count). The summed E-state index contributed by atoms with van der Waals surface area (Å²) in [6.45, 7) is 0. The SMILES string of the molecule is COc1cc2cc3c4ccccc4c4ccccc4c3cc2c2ccccc12. The Hall–Kier alpha value is -3.58. The van der Waals surface area contributed by atoms with Gasteiger partial charge in [-0.25, -0.2) is 0 Å². The van der Waals surface area contributed by atoms with Gasteiger partial charge < -0.3 is 4.74 Å². The second-order valence-corrected chi connectivity index (χ2v) is 7.33. The summed E-state index contributed by atoms with van der Waals surface area (Å²) in [5.41, 5.74) is 0. The maximum absolute atomic E-state index is 5.71. The van der Waals surface area contributed by atoms with Gasteiger partial charge in [-0.1, -0.05) is 72.8 Å². The fourth-order valence-corrected chi connectivity index (χ4v) is 4.64. The van der Waals surface area contributed by atoms with Crippen LogP contribution in [0.1, 0.15) is 0 Å². The highest BCUT2D eigenvalue weighted by Gasteiger charge is 2.12. The van der Waals surface area contributed by atoms with Crippen molar-refractivity contribution in [3.05, 3.63) is 91.0 Å². The van der Waals surface area contributed by atoms with E-state index in [4.69, 9.17) is 4.74 Å². The molecule has 0 spiro atoms. The molecule has 0 fully saturated rings. The van der Waals surface area contributed by atoms with Crippen molar-refractivity contribution in [3.8, 4) is 5.75 Å². The van der Waals surface area contributed by atoms with Crippen molar-refractivity contribution in [1.29, 1.82) is 0 Å². The Bertz CT molecular complexity index is 1540. The van der Waals surface area contributed by atoms with Crippen LogP contribution in [-0.4, -0.2) is 7.11 Å². The van der Waals surface area contributed by atoms with E-state index in [2.05, 4.69) is 91.0 Å². The van der Waals surface area contributed by atoms with Crippen molar-refractivity contribution in [2.45, 2.75) is 0 Å². The van der Waals surface area contributed by atoms with Gasteiger partial charge in [-0.2, -0.15) is 0 Å². The number of methoxy groups -OCH3 is 1. The molecule has 1 nitrogen and oxygen atoms in total. The molecule has 132 valence electrons. The average molecular weight is 358 g/mol. The summed E-state index contributed by atoms with van der Waals surface area (Å²) in [6.07, 6.45) is 0. The first kappa shape index (κ1) is 15.5. The summed E-state index contributed by atoms with van der Waals surface area (Å²) < 4.78 is 5.71. The highest BCUT2D eigenvalue weighted by atomic mass is 16.5. The quantitative estimate of drug-likeness (QED) is 0.219. The molecule has 28 heavy (non-hydrogen) atoms. The van der Waals surface area contributed by atoms with Crippen LogP contribution in [0.15, 0.2) is 91.0 Å². The minimum atomic E-state index is 0.924. The second-order valence-electron chi connectivity index (χ2n) is 7.33. The summed E-state index contributed by atoms with van der Waals surface area (Å²) >= 11 is 0. The first-order valence-corrected chi connectivity index (χ1v) is 9.58. The predicted octanol–water partition coefficient (Wildman–Crippen LogP) is 7.46. The second kappa shape index (κ2) is 5.71. The van der Waals surface area contributed by atoms with Crippen LogP contribution in [-0.2, 0) is 0 Å². The number of hydrogen-bond donors (Lipinski definition) is 0. The van der Waals surface area contributed by atoms with Gasteiger partial charge in [0.25, 0.3) is 0 Å². The van der Waals surface area contributed by atoms with Crippen LogP contribution in [0, 0.1) is 0 Å². The molecule has 0 aliphatic rings. The van der Waals surface area contributed by atoms with Crippen LogP contribution in [0.3, 0.4) is 0 Å². The van der Waals surface area contributed by atoms with E-state index in [1.54, 1.807) is 7.11 Å². The zero-order valence-electron chi connectivity index (χ0n) is 15.6. The molecule has 0 radical (unpaired) electrons. The van der Waals surface area contributed by atoms with E-state index >= 15 is 0 Å². The topological polar surface area (TPSA) is 9.23 Å². The minimum Gasteiger partial charge on any atom is -0.496 e. The highest BCUT2D eigenvalue weighted by Crippen LogP contribution is 2.40. The standard InChI is InChI=1S/C27H18O/c1-28-27-15-17-14-25-20-10-4-2-8-18(20)19-9-3-5-11-21(19)26(25)16-24(17)22-12-6-7-13-23(22)27/h2-16H,1H3. The molecule has 0 saturated heterocycles. The van der Waals surface area contributed by atoms with Gasteiger partial charge in [0.1, 0.15) is 5.75 Å². The summed E-state index contributed by atoms with van der Waals surface area (Å²) in [7, 11) is 1.75. The van der Waals surface area contributed by atoms with Crippen LogP contribution < -0.4 is 4.74 Å². The molecular formula is C27H18O. The zero-order chi connectivity index (χ0) is 18.7. The fourth-order valence-electron chi connectivity index (χ4n) is 4.64. The van der Waals surface area contributed by atoms with Gasteiger partial charge in [0.15, 0.2) is 0 Å². The Balaban J connectivity index is 1.93. The molecule has 0 aliphatic carbocycles. The predicted molar refractivity (Wildman–Crippen MR) is 121 cm³/mol. The van der Waals surface area contributed by atoms with Crippen LogP contribution in [0.4, 0.5) is 0 Å². The lowest BCUT2D eigenvalue weighted by Gasteiger charge is -2.14. The maximum Gasteiger partial charge on any atom is 0.127 e. The van der Waals surface area contributed by atoms with Crippen molar-refractivity contribution >= 4 is 53.9 Å². The van der Waals surface area contributed by atoms with E-state index in [1.165, 1.54) is 48.5 Å². The number of rotatable bonds is 1. The van der Waals surface area contributed by atoms with E-state index in [9.17, 15) is 0 Å². The van der Waals surface area contributed by atoms with Crippen molar-refractivity contribution in [2.75, 3.05) is 7.11 Å². The van der Waals surface area contributed by atoms with E-state index in [0.717, 1.165) is 11.1 Å². The number of fused-ring (bicyclic) bond motifs is 9. The Labute approximate surface area is 162 Å². The molecule has 1 heteroatoms. The van der Waals surface area contributed by atoms with Gasteiger partial charge in [0.2, 0.25) is 0 Å². The lowest BCUT2D eigenvalue weighted by atomic mass is 9.91. The largest absolute Gasteiger partial charge is 0.496 e. The Morgan fingerprint density at radius 2 is 0.857 bits per heavy atom.